The van der Waals surface area contributed by atoms with Gasteiger partial charge < -0.3 is 9.88 Å². The van der Waals surface area contributed by atoms with Crippen LogP contribution >= 0.6 is 0 Å². The fourth-order valence-corrected chi connectivity index (χ4v) is 7.84. The quantitative estimate of drug-likeness (QED) is 0.471. The van der Waals surface area contributed by atoms with E-state index in [0.717, 1.165) is 22.2 Å². The highest BCUT2D eigenvalue weighted by molar-refractivity contribution is 7.89. The molecule has 1 N–H and O–H groups in total. The van der Waals surface area contributed by atoms with Crippen LogP contribution in [0.15, 0.2) is 83.9 Å². The number of hydrogen-bond donors (Lipinski definition) is 1. The summed E-state index contributed by atoms with van der Waals surface area (Å²) >= 11 is 0. The van der Waals surface area contributed by atoms with Crippen molar-refractivity contribution in [3.63, 3.8) is 0 Å². The number of fused-ring (bicyclic) bond motifs is 4. The van der Waals surface area contributed by atoms with E-state index in [2.05, 4.69) is 53.3 Å². The number of likely N-dealkylation sites (N-methyl/N-ethyl adjacent to an activating group) is 1. The second-order valence-electron chi connectivity index (χ2n) is 9.51. The molecule has 0 bridgehead atoms. The van der Waals surface area contributed by atoms with Crippen molar-refractivity contribution in [3.8, 4) is 0 Å². The molecule has 0 spiro atoms. The number of nitrogens with one attached hydrogen (secondary N) is 1. The van der Waals surface area contributed by atoms with E-state index in [0.29, 0.717) is 11.4 Å². The summed E-state index contributed by atoms with van der Waals surface area (Å²) in [5, 5.41) is 1.16. The molecular weight excluding hydrogens is 430 g/mol. The minimum absolute atomic E-state index is 0.00460. The molecule has 168 valence electrons. The van der Waals surface area contributed by atoms with Crippen LogP contribution in [0.1, 0.15) is 29.5 Å². The van der Waals surface area contributed by atoms with E-state index in [4.69, 9.17) is 0 Å². The Bertz CT molecular complexity index is 1470. The zero-order valence-corrected chi connectivity index (χ0v) is 19.8. The number of anilines is 1. The number of aromatic amines is 1. The first-order valence-corrected chi connectivity index (χ1v) is 12.7. The van der Waals surface area contributed by atoms with Gasteiger partial charge in [0.15, 0.2) is 0 Å². The fraction of sp³-hybridized carbons (Fsp3) is 0.259. The molecule has 4 aromatic rings. The van der Waals surface area contributed by atoms with E-state index in [1.54, 1.807) is 16.4 Å². The SMILES string of the molecule is Cc1ccc(S(=O)(=O)N2C[C@H](c3c[nH]c4ccccc34)[C@]3(C)c4ccccc4N(C)[C@H]23)cc1. The van der Waals surface area contributed by atoms with Gasteiger partial charge in [-0.15, -0.1) is 0 Å². The Morgan fingerprint density at radius 3 is 2.45 bits per heavy atom. The molecule has 0 amide bonds. The third-order valence-corrected chi connectivity index (χ3v) is 9.59. The lowest BCUT2D eigenvalue weighted by Gasteiger charge is -2.35. The fourth-order valence-electron chi connectivity index (χ4n) is 6.12. The van der Waals surface area contributed by atoms with Gasteiger partial charge >= 0.3 is 0 Å². The lowest BCUT2D eigenvalue weighted by molar-refractivity contribution is 0.324. The molecule has 0 aliphatic carbocycles. The maximum absolute atomic E-state index is 14.0. The number of hydrogen-bond acceptors (Lipinski definition) is 3. The summed E-state index contributed by atoms with van der Waals surface area (Å²) in [6, 6.07) is 23.8. The molecule has 0 saturated carbocycles. The summed E-state index contributed by atoms with van der Waals surface area (Å²) in [4.78, 5) is 5.90. The molecule has 3 heterocycles. The molecule has 1 aromatic heterocycles. The molecule has 5 nitrogen and oxygen atoms in total. The maximum atomic E-state index is 14.0. The van der Waals surface area contributed by atoms with Crippen LogP contribution in [0.2, 0.25) is 0 Å². The minimum Gasteiger partial charge on any atom is -0.361 e. The Morgan fingerprint density at radius 1 is 0.970 bits per heavy atom. The van der Waals surface area contributed by atoms with Crippen LogP contribution in [0.3, 0.4) is 0 Å². The van der Waals surface area contributed by atoms with Crippen molar-refractivity contribution < 1.29 is 8.42 Å². The Morgan fingerprint density at radius 2 is 1.67 bits per heavy atom. The Labute approximate surface area is 194 Å². The van der Waals surface area contributed by atoms with Crippen LogP contribution in [-0.4, -0.2) is 37.5 Å². The Kier molecular flexibility index (Phi) is 4.32. The van der Waals surface area contributed by atoms with Gasteiger partial charge in [-0.2, -0.15) is 4.31 Å². The van der Waals surface area contributed by atoms with Crippen LogP contribution in [0.25, 0.3) is 10.9 Å². The van der Waals surface area contributed by atoms with E-state index in [-0.39, 0.29) is 12.1 Å². The lowest BCUT2D eigenvalue weighted by Crippen LogP contribution is -2.49. The van der Waals surface area contributed by atoms with Gasteiger partial charge in [-0.3, -0.25) is 0 Å². The van der Waals surface area contributed by atoms with Crippen molar-refractivity contribution in [1.29, 1.82) is 0 Å². The second kappa shape index (κ2) is 6.95. The molecule has 2 aliphatic rings. The number of rotatable bonds is 3. The largest absolute Gasteiger partial charge is 0.361 e. The second-order valence-corrected chi connectivity index (χ2v) is 11.4. The highest BCUT2D eigenvalue weighted by atomic mass is 32.2. The first-order chi connectivity index (χ1) is 15.8. The number of nitrogens with zero attached hydrogens (tertiary/aromatic N) is 2. The lowest BCUT2D eigenvalue weighted by atomic mass is 9.71. The van der Waals surface area contributed by atoms with Crippen molar-refractivity contribution >= 4 is 26.6 Å². The first-order valence-electron chi connectivity index (χ1n) is 11.3. The van der Waals surface area contributed by atoms with E-state index >= 15 is 0 Å². The van der Waals surface area contributed by atoms with Gasteiger partial charge in [0.2, 0.25) is 10.0 Å². The third kappa shape index (κ3) is 2.71. The van der Waals surface area contributed by atoms with E-state index < -0.39 is 15.4 Å². The first kappa shape index (κ1) is 20.5. The number of benzene rings is 3. The molecule has 0 unspecified atom stereocenters. The van der Waals surface area contributed by atoms with E-state index in [1.165, 1.54) is 11.1 Å². The van der Waals surface area contributed by atoms with Crippen molar-refractivity contribution in [2.24, 2.45) is 0 Å². The van der Waals surface area contributed by atoms with Crippen molar-refractivity contribution in [3.05, 3.63) is 95.7 Å². The van der Waals surface area contributed by atoms with Crippen LogP contribution in [0.4, 0.5) is 5.69 Å². The Hall–Kier alpha value is -3.09. The van der Waals surface area contributed by atoms with Gasteiger partial charge in [0, 0.05) is 47.7 Å². The monoisotopic (exact) mass is 457 g/mol. The molecule has 6 rings (SSSR count). The van der Waals surface area contributed by atoms with Crippen LogP contribution in [0.5, 0.6) is 0 Å². The number of aryl methyl sites for hydroxylation is 1. The summed E-state index contributed by atoms with van der Waals surface area (Å²) in [6.45, 7) is 4.63. The van der Waals surface area contributed by atoms with Gasteiger partial charge in [-0.25, -0.2) is 8.42 Å². The van der Waals surface area contributed by atoms with Gasteiger partial charge in [-0.05, 0) is 42.3 Å². The molecule has 33 heavy (non-hydrogen) atoms. The zero-order chi connectivity index (χ0) is 23.0. The molecule has 1 fully saturated rings. The van der Waals surface area contributed by atoms with E-state index in [9.17, 15) is 8.42 Å². The van der Waals surface area contributed by atoms with Gasteiger partial charge in [-0.1, -0.05) is 61.0 Å². The number of H-pyrrole nitrogens is 1. The van der Waals surface area contributed by atoms with Crippen LogP contribution < -0.4 is 4.90 Å². The molecule has 0 radical (unpaired) electrons. The smallest absolute Gasteiger partial charge is 0.244 e. The summed E-state index contributed by atoms with van der Waals surface area (Å²) in [5.41, 5.74) is 5.20. The van der Waals surface area contributed by atoms with Crippen LogP contribution in [0, 0.1) is 6.92 Å². The molecule has 6 heteroatoms. The molecule has 2 aliphatic heterocycles. The van der Waals surface area contributed by atoms with Gasteiger partial charge in [0.05, 0.1) is 4.90 Å². The van der Waals surface area contributed by atoms with Gasteiger partial charge in [0.1, 0.15) is 6.17 Å². The standard InChI is InChI=1S/C27H27N3O2S/c1-18-12-14-19(15-13-18)33(31,32)30-17-23(21-16-28-24-10-6-4-8-20(21)24)27(2)22-9-5-7-11-25(22)29(3)26(27)30/h4-16,23,26,28H,17H2,1-3H3/t23-,26-,27+/m1/s1. The van der Waals surface area contributed by atoms with Crippen molar-refractivity contribution in [2.45, 2.75) is 36.2 Å². The molecule has 3 aromatic carbocycles. The predicted molar refractivity (Wildman–Crippen MR) is 132 cm³/mol. The van der Waals surface area contributed by atoms with Crippen molar-refractivity contribution in [1.82, 2.24) is 9.29 Å². The average molecular weight is 458 g/mol. The average Bonchev–Trinajstić information content (AvgIpc) is 3.44. The number of aromatic nitrogens is 1. The van der Waals surface area contributed by atoms with Crippen LogP contribution in [-0.2, 0) is 15.4 Å². The summed E-state index contributed by atoms with van der Waals surface area (Å²) in [6.07, 6.45) is 1.76. The molecule has 1 saturated heterocycles. The topological polar surface area (TPSA) is 56.4 Å². The summed E-state index contributed by atoms with van der Waals surface area (Å²) in [5.74, 6) is 0.00460. The maximum Gasteiger partial charge on any atom is 0.244 e. The minimum atomic E-state index is -3.69. The number of sulfonamides is 1. The highest BCUT2D eigenvalue weighted by Crippen LogP contribution is 2.58. The Balaban J connectivity index is 1.57. The summed E-state index contributed by atoms with van der Waals surface area (Å²) in [7, 11) is -1.68. The normalized spacial score (nSPS) is 24.9. The highest BCUT2D eigenvalue weighted by Gasteiger charge is 2.62. The number of para-hydroxylation sites is 2. The molecular formula is C27H27N3O2S. The van der Waals surface area contributed by atoms with Gasteiger partial charge in [0.25, 0.3) is 0 Å². The summed E-state index contributed by atoms with van der Waals surface area (Å²) < 4.78 is 29.7. The van der Waals surface area contributed by atoms with E-state index in [1.807, 2.05) is 44.3 Å². The zero-order valence-electron chi connectivity index (χ0n) is 19.0. The predicted octanol–water partition coefficient (Wildman–Crippen LogP) is 5.00. The molecule has 3 atom stereocenters. The third-order valence-electron chi connectivity index (χ3n) is 7.75. The van der Waals surface area contributed by atoms with Crippen molar-refractivity contribution in [2.75, 3.05) is 18.5 Å².